The highest BCUT2D eigenvalue weighted by Crippen LogP contribution is 2.51. The minimum Gasteiger partial charge on any atom is -0.192 e. The van der Waals surface area contributed by atoms with Crippen LogP contribution in [0.3, 0.4) is 0 Å². The predicted molar refractivity (Wildman–Crippen MR) is 211 cm³/mol. The standard InChI is InChI=1S/C48H58N/c1-11-13-15-28-47(9)43-27-22-36(33-42(43)44-17-14-16-29-49(44)48(47,10)12-2)39-31-37(34-18-23-40(24-19-34)45(3,4)5)30-38(32-39)35-20-25-41(26-21-35)46(6,7)8/h14,16-27,29-33H,11-13,15,28H2,1-10H3/q+1. The van der Waals surface area contributed by atoms with Crippen molar-refractivity contribution in [2.24, 2.45) is 0 Å². The van der Waals surface area contributed by atoms with Crippen LogP contribution in [-0.2, 0) is 21.8 Å². The lowest BCUT2D eigenvalue weighted by molar-refractivity contribution is -0.765. The molecule has 0 radical (unpaired) electrons. The van der Waals surface area contributed by atoms with Gasteiger partial charge in [-0.25, -0.2) is 0 Å². The Hall–Kier alpha value is -3.97. The first-order chi connectivity index (χ1) is 23.2. The van der Waals surface area contributed by atoms with Gasteiger partial charge >= 0.3 is 0 Å². The monoisotopic (exact) mass is 648 g/mol. The Balaban J connectivity index is 1.53. The van der Waals surface area contributed by atoms with Crippen LogP contribution in [0.15, 0.2) is 109 Å². The van der Waals surface area contributed by atoms with Crippen molar-refractivity contribution in [1.29, 1.82) is 0 Å². The predicted octanol–water partition coefficient (Wildman–Crippen LogP) is 13.2. The Morgan fingerprint density at radius 2 is 1.06 bits per heavy atom. The van der Waals surface area contributed by atoms with Gasteiger partial charge in [0, 0.05) is 25.5 Å². The minimum atomic E-state index is -0.00261. The summed E-state index contributed by atoms with van der Waals surface area (Å²) in [6, 6.07) is 39.7. The van der Waals surface area contributed by atoms with E-state index in [9.17, 15) is 0 Å². The maximum Gasteiger partial charge on any atom is 0.213 e. The van der Waals surface area contributed by atoms with Gasteiger partial charge in [-0.2, -0.15) is 4.57 Å². The van der Waals surface area contributed by atoms with Crippen molar-refractivity contribution in [2.45, 2.75) is 123 Å². The van der Waals surface area contributed by atoms with E-state index < -0.39 is 0 Å². The fourth-order valence-corrected chi connectivity index (χ4v) is 8.21. The van der Waals surface area contributed by atoms with Crippen molar-refractivity contribution in [1.82, 2.24) is 0 Å². The molecule has 1 aromatic heterocycles. The van der Waals surface area contributed by atoms with E-state index in [1.165, 1.54) is 87.0 Å². The fraction of sp³-hybridized carbons (Fsp3) is 0.396. The SMILES string of the molecule is CCCCCC1(C)c2ccc(-c3cc(-c4ccc(C(C)(C)C)cc4)cc(-c4ccc(C(C)(C)C)cc4)c3)cc2-c2cccc[n+]2C1(C)CC. The van der Waals surface area contributed by atoms with E-state index in [1.807, 2.05) is 0 Å². The average Bonchev–Trinajstić information content (AvgIpc) is 3.10. The summed E-state index contributed by atoms with van der Waals surface area (Å²) in [4.78, 5) is 0. The summed E-state index contributed by atoms with van der Waals surface area (Å²) >= 11 is 0. The summed E-state index contributed by atoms with van der Waals surface area (Å²) in [6.45, 7) is 23.4. The van der Waals surface area contributed by atoms with Gasteiger partial charge in [0.15, 0.2) is 11.7 Å². The normalized spacial score (nSPS) is 19.0. The van der Waals surface area contributed by atoms with Crippen LogP contribution in [0.5, 0.6) is 0 Å². The van der Waals surface area contributed by atoms with Crippen LogP contribution in [0.25, 0.3) is 44.6 Å². The molecule has 0 bridgehead atoms. The topological polar surface area (TPSA) is 3.88 Å². The highest BCUT2D eigenvalue weighted by Gasteiger charge is 2.56. The molecule has 0 saturated carbocycles. The van der Waals surface area contributed by atoms with Gasteiger partial charge < -0.3 is 0 Å². The zero-order valence-electron chi connectivity index (χ0n) is 31.9. The molecule has 0 saturated heterocycles. The maximum absolute atomic E-state index is 2.60. The van der Waals surface area contributed by atoms with Gasteiger partial charge in [-0.05, 0) is 105 Å². The Labute approximate surface area is 297 Å². The molecule has 1 nitrogen and oxygen atoms in total. The van der Waals surface area contributed by atoms with Crippen LogP contribution in [0, 0.1) is 0 Å². The van der Waals surface area contributed by atoms with Gasteiger partial charge in [0.05, 0.1) is 11.0 Å². The Kier molecular flexibility index (Phi) is 9.29. The molecule has 1 aliphatic rings. The number of rotatable bonds is 8. The van der Waals surface area contributed by atoms with Crippen molar-refractivity contribution in [3.63, 3.8) is 0 Å². The van der Waals surface area contributed by atoms with E-state index >= 15 is 0 Å². The first-order valence-electron chi connectivity index (χ1n) is 18.7. The number of aromatic nitrogens is 1. The van der Waals surface area contributed by atoms with Crippen LogP contribution in [0.2, 0.25) is 0 Å². The maximum atomic E-state index is 2.60. The molecule has 0 amide bonds. The molecule has 254 valence electrons. The van der Waals surface area contributed by atoms with E-state index in [0.29, 0.717) is 0 Å². The zero-order chi connectivity index (χ0) is 35.2. The molecule has 2 atom stereocenters. The highest BCUT2D eigenvalue weighted by atomic mass is 15.1. The second kappa shape index (κ2) is 13.1. The number of benzene rings is 4. The summed E-state index contributed by atoms with van der Waals surface area (Å²) in [7, 11) is 0. The quantitative estimate of drug-likeness (QED) is 0.116. The number of hydrogen-bond acceptors (Lipinski definition) is 0. The molecule has 4 aromatic carbocycles. The summed E-state index contributed by atoms with van der Waals surface area (Å²) in [5.41, 5.74) is 14.7. The zero-order valence-corrected chi connectivity index (χ0v) is 31.9. The number of fused-ring (bicyclic) bond motifs is 3. The van der Waals surface area contributed by atoms with Crippen LogP contribution in [0.4, 0.5) is 0 Å². The van der Waals surface area contributed by atoms with Crippen molar-refractivity contribution < 1.29 is 4.57 Å². The van der Waals surface area contributed by atoms with Gasteiger partial charge in [0.25, 0.3) is 0 Å². The average molecular weight is 649 g/mol. The van der Waals surface area contributed by atoms with Gasteiger partial charge in [0.2, 0.25) is 5.69 Å². The van der Waals surface area contributed by atoms with Gasteiger partial charge in [-0.1, -0.05) is 135 Å². The number of nitrogens with zero attached hydrogens (tertiary/aromatic N) is 1. The van der Waals surface area contributed by atoms with E-state index in [4.69, 9.17) is 0 Å². The lowest BCUT2D eigenvalue weighted by Crippen LogP contribution is -2.67. The van der Waals surface area contributed by atoms with Gasteiger partial charge in [-0.15, -0.1) is 0 Å². The molecule has 2 unspecified atom stereocenters. The summed E-state index contributed by atoms with van der Waals surface area (Å²) in [6.07, 6.45) is 8.37. The first-order valence-corrected chi connectivity index (χ1v) is 18.7. The molecule has 6 rings (SSSR count). The molecule has 1 aliphatic heterocycles. The van der Waals surface area contributed by atoms with Crippen LogP contribution >= 0.6 is 0 Å². The van der Waals surface area contributed by atoms with Crippen LogP contribution < -0.4 is 4.57 Å². The second-order valence-electron chi connectivity index (χ2n) is 17.1. The molecule has 49 heavy (non-hydrogen) atoms. The molecular weight excluding hydrogens is 591 g/mol. The molecule has 1 heteroatoms. The minimum absolute atomic E-state index is 0.00261. The Morgan fingerprint density at radius 1 is 0.551 bits per heavy atom. The molecule has 2 heterocycles. The summed E-state index contributed by atoms with van der Waals surface area (Å²) in [5, 5.41) is 0. The molecule has 0 fully saturated rings. The van der Waals surface area contributed by atoms with Crippen molar-refractivity contribution in [3.05, 3.63) is 126 Å². The van der Waals surface area contributed by atoms with Crippen molar-refractivity contribution in [3.8, 4) is 44.6 Å². The van der Waals surface area contributed by atoms with Gasteiger partial charge in [0.1, 0.15) is 0 Å². The second-order valence-corrected chi connectivity index (χ2v) is 17.1. The van der Waals surface area contributed by atoms with E-state index in [1.54, 1.807) is 0 Å². The molecular formula is C48H58N+. The smallest absolute Gasteiger partial charge is 0.192 e. The third-order valence-corrected chi connectivity index (χ3v) is 11.9. The molecule has 0 aliphatic carbocycles. The summed E-state index contributed by atoms with van der Waals surface area (Å²) < 4.78 is 2.60. The van der Waals surface area contributed by atoms with Crippen molar-refractivity contribution in [2.75, 3.05) is 0 Å². The third-order valence-electron chi connectivity index (χ3n) is 11.9. The van der Waals surface area contributed by atoms with Gasteiger partial charge in [-0.3, -0.25) is 0 Å². The number of unbranched alkanes of at least 4 members (excludes halogenated alkanes) is 2. The third kappa shape index (κ3) is 6.42. The largest absolute Gasteiger partial charge is 0.213 e. The lowest BCUT2D eigenvalue weighted by atomic mass is 9.59. The lowest BCUT2D eigenvalue weighted by Gasteiger charge is -2.46. The Bertz CT molecular complexity index is 1850. The number of pyridine rings is 1. The fourth-order valence-electron chi connectivity index (χ4n) is 8.21. The molecule has 0 spiro atoms. The molecule has 5 aromatic rings. The van der Waals surface area contributed by atoms with Crippen LogP contribution in [-0.4, -0.2) is 0 Å². The Morgan fingerprint density at radius 3 is 1.55 bits per heavy atom. The van der Waals surface area contributed by atoms with E-state index in [2.05, 4.69) is 183 Å². The molecule has 0 N–H and O–H groups in total. The highest BCUT2D eigenvalue weighted by molar-refractivity contribution is 5.83. The van der Waals surface area contributed by atoms with Crippen molar-refractivity contribution >= 4 is 0 Å². The van der Waals surface area contributed by atoms with E-state index in [0.717, 1.165) is 6.42 Å². The summed E-state index contributed by atoms with van der Waals surface area (Å²) in [5.74, 6) is 0. The first kappa shape index (κ1) is 34.9. The number of hydrogen-bond donors (Lipinski definition) is 0. The van der Waals surface area contributed by atoms with E-state index in [-0.39, 0.29) is 21.8 Å². The van der Waals surface area contributed by atoms with Crippen LogP contribution in [0.1, 0.15) is 118 Å².